The van der Waals surface area contributed by atoms with Crippen LogP contribution < -0.4 is 0 Å². The van der Waals surface area contributed by atoms with Crippen LogP contribution in [0.15, 0.2) is 60.0 Å². The summed E-state index contributed by atoms with van der Waals surface area (Å²) in [5.41, 5.74) is 0.269. The largest absolute Gasteiger partial charge is 0.0884 e. The number of allylic oxidation sites excluding steroid dienone is 5. The minimum atomic E-state index is -0.154. The Hall–Kier alpha value is 1.56. The molecule has 0 aromatic heterocycles. The highest BCUT2D eigenvalue weighted by molar-refractivity contribution is 8.33. The van der Waals surface area contributed by atoms with Crippen LogP contribution in [0.1, 0.15) is 22.3 Å². The van der Waals surface area contributed by atoms with Crippen LogP contribution in [0.3, 0.4) is 0 Å². The van der Waals surface area contributed by atoms with Gasteiger partial charge < -0.3 is 0 Å². The van der Waals surface area contributed by atoms with Crippen LogP contribution in [0.5, 0.6) is 0 Å². The van der Waals surface area contributed by atoms with Crippen molar-refractivity contribution in [2.45, 2.75) is 0 Å². The van der Waals surface area contributed by atoms with Crippen LogP contribution in [0, 0.1) is 5.92 Å². The lowest BCUT2D eigenvalue weighted by atomic mass is 9.84. The Morgan fingerprint density at radius 3 is 1.18 bits per heavy atom. The van der Waals surface area contributed by atoms with E-state index in [0.717, 1.165) is 4.91 Å². The lowest BCUT2D eigenvalue weighted by Gasteiger charge is -2.28. The minimum absolute atomic E-state index is 0.00482. The Morgan fingerprint density at radius 2 is 0.755 bits per heavy atom. The summed E-state index contributed by atoms with van der Waals surface area (Å²) >= 11 is 99.9. The third-order valence-corrected chi connectivity index (χ3v) is 17.7. The van der Waals surface area contributed by atoms with Gasteiger partial charge in [-0.2, -0.15) is 0 Å². The molecule has 0 fully saturated rings. The van der Waals surface area contributed by atoms with Crippen molar-refractivity contribution in [1.82, 2.24) is 0 Å². The Bertz CT molecular complexity index is 1910. The van der Waals surface area contributed by atoms with E-state index in [1.807, 2.05) is 18.2 Å². The van der Waals surface area contributed by atoms with Crippen molar-refractivity contribution in [2.75, 3.05) is 0 Å². The van der Waals surface area contributed by atoms with Gasteiger partial charge in [-0.15, -0.1) is 0 Å². The fraction of sp³-hybridized carbons (Fsp3) is 0. The van der Waals surface area contributed by atoms with E-state index >= 15 is 0 Å². The van der Waals surface area contributed by atoms with Crippen molar-refractivity contribution in [1.29, 1.82) is 0 Å². The summed E-state index contributed by atoms with van der Waals surface area (Å²) in [5, 5.41) is 4.73. The van der Waals surface area contributed by atoms with Crippen molar-refractivity contribution in [2.24, 2.45) is 0 Å². The molecule has 0 atom stereocenters. The molecule has 49 heavy (non-hydrogen) atoms. The van der Waals surface area contributed by atoms with E-state index in [1.165, 1.54) is 8.47 Å². The molecule has 0 spiro atoms. The van der Waals surface area contributed by atoms with Gasteiger partial charge in [0.25, 0.3) is 0 Å². The van der Waals surface area contributed by atoms with Gasteiger partial charge in [0.15, 0.2) is 0 Å². The zero-order chi connectivity index (χ0) is 35.9. The number of benzene rings is 3. The van der Waals surface area contributed by atoms with Crippen LogP contribution in [0.25, 0.3) is 6.08 Å². The number of halogens is 14. The smallest absolute Gasteiger partial charge is 0.0809 e. The van der Waals surface area contributed by atoms with Gasteiger partial charge in [0.05, 0.1) is 84.7 Å². The highest BCUT2D eigenvalue weighted by Gasteiger charge is 2.38. The van der Waals surface area contributed by atoms with E-state index in [0.29, 0.717) is 5.56 Å². The van der Waals surface area contributed by atoms with E-state index in [4.69, 9.17) is 162 Å². The maximum Gasteiger partial charge on any atom is 0.0809 e. The first kappa shape index (κ1) is 41.7. The minimum Gasteiger partial charge on any atom is -0.0884 e. The summed E-state index contributed by atoms with van der Waals surface area (Å²) in [6, 6.07) is 0. The summed E-state index contributed by atoms with van der Waals surface area (Å²) in [5.74, 6) is -0.0114. The maximum atomic E-state index is 6.96. The molecule has 0 nitrogen and oxygen atoms in total. The monoisotopic (exact) mass is 999 g/mol. The molecule has 0 aliphatic carbocycles. The van der Waals surface area contributed by atoms with E-state index in [9.17, 15) is 0 Å². The van der Waals surface area contributed by atoms with Gasteiger partial charge in [0, 0.05) is 27.2 Å². The summed E-state index contributed by atoms with van der Waals surface area (Å²) in [6.07, 6.45) is 11.0. The molecule has 2 aliphatic heterocycles. The summed E-state index contributed by atoms with van der Waals surface area (Å²) in [6.45, 7) is 0. The first-order chi connectivity index (χ1) is 23.2. The Labute approximate surface area is 369 Å². The van der Waals surface area contributed by atoms with Crippen LogP contribution >= 0.6 is 209 Å². The van der Waals surface area contributed by atoms with Gasteiger partial charge in [-0.05, 0) is 22.3 Å². The van der Waals surface area contributed by atoms with Gasteiger partial charge in [0.1, 0.15) is 0 Å². The van der Waals surface area contributed by atoms with Crippen molar-refractivity contribution < 1.29 is 0 Å². The highest BCUT2D eigenvalue weighted by Crippen LogP contribution is 2.58. The summed E-state index contributed by atoms with van der Waals surface area (Å²) < 4.78 is 2.55. The lowest BCUT2D eigenvalue weighted by Crippen LogP contribution is -2.12. The fourth-order valence-corrected chi connectivity index (χ4v) is 12.4. The number of hydrogen-bond donors (Lipinski definition) is 0. The summed E-state index contributed by atoms with van der Waals surface area (Å²) in [4.78, 5) is 1.13. The second-order valence-corrected chi connectivity index (χ2v) is 18.8. The zero-order valence-corrected chi connectivity index (χ0v) is 37.0. The third kappa shape index (κ3) is 8.54. The normalized spacial score (nSPS) is 15.1. The molecule has 0 amide bonds. The SMILES string of the molecule is Clc1c(Cl)c(Cl)c([C](c2c(Cl)c(Cl)c(Cl)c(Cl)c2Cl)c2c(Cl)c(Cl)c(/C=C/C=C/C=C/C3=CSC(=C4SC=CS4)S3)c(Cl)c2Cl)c(Cl)c1Cl. The van der Waals surface area contributed by atoms with Gasteiger partial charge in [-0.3, -0.25) is 0 Å². The van der Waals surface area contributed by atoms with Crippen molar-refractivity contribution >= 4 is 216 Å². The lowest BCUT2D eigenvalue weighted by molar-refractivity contribution is 1.23. The zero-order valence-electron chi connectivity index (χ0n) is 23.1. The average molecular weight is 1010 g/mol. The fourth-order valence-electron chi connectivity index (χ4n) is 4.20. The topological polar surface area (TPSA) is 0 Å². The molecule has 0 N–H and O–H groups in total. The van der Waals surface area contributed by atoms with E-state index < -0.39 is 0 Å². The van der Waals surface area contributed by atoms with Gasteiger partial charge in [-0.25, -0.2) is 0 Å². The van der Waals surface area contributed by atoms with E-state index in [-0.39, 0.29) is 92.9 Å². The third-order valence-electron chi connectivity index (χ3n) is 6.39. The Kier molecular flexibility index (Phi) is 15.3. The van der Waals surface area contributed by atoms with Crippen LogP contribution in [-0.2, 0) is 0 Å². The summed E-state index contributed by atoms with van der Waals surface area (Å²) in [7, 11) is 0. The molecule has 3 aromatic carbocycles. The standard InChI is InChI=1S/C31H9Cl14S4/c32-16-11(6-4-2-1-3-5-10-9-48-31(49-10)30-46-7-8-47-30)17(33)19(35)13(18(16)34)12(14-20(36)24(40)28(44)25(41)21(14)37)15-22(38)26(42)29(45)27(43)23(15)39/h1-9H/b2-1+,5-3+,6-4+. The van der Waals surface area contributed by atoms with Gasteiger partial charge in [-0.1, -0.05) is 240 Å². The molecule has 0 saturated heterocycles. The molecule has 5 rings (SSSR count). The highest BCUT2D eigenvalue weighted by atomic mass is 35.5. The molecular formula is C31H9Cl14S4. The first-order valence-electron chi connectivity index (χ1n) is 12.7. The molecule has 0 saturated carbocycles. The number of thioether (sulfide) groups is 4. The van der Waals surface area contributed by atoms with E-state index in [2.05, 4.69) is 16.2 Å². The molecule has 0 unspecified atom stereocenters. The van der Waals surface area contributed by atoms with Crippen LogP contribution in [0.2, 0.25) is 70.3 Å². The number of hydrogen-bond acceptors (Lipinski definition) is 4. The molecule has 255 valence electrons. The van der Waals surface area contributed by atoms with Crippen LogP contribution in [0.4, 0.5) is 0 Å². The molecule has 3 aromatic rings. The molecule has 2 aliphatic rings. The van der Waals surface area contributed by atoms with Gasteiger partial charge >= 0.3 is 0 Å². The van der Waals surface area contributed by atoms with Crippen molar-refractivity contribution in [3.8, 4) is 0 Å². The van der Waals surface area contributed by atoms with E-state index in [1.54, 1.807) is 65.3 Å². The van der Waals surface area contributed by atoms with Gasteiger partial charge in [0.2, 0.25) is 0 Å². The average Bonchev–Trinajstić information content (AvgIpc) is 3.79. The van der Waals surface area contributed by atoms with Crippen molar-refractivity contribution in [3.05, 3.63) is 158 Å². The van der Waals surface area contributed by atoms with Crippen molar-refractivity contribution in [3.63, 3.8) is 0 Å². The quantitative estimate of drug-likeness (QED) is 0.100. The Morgan fingerprint density at radius 1 is 0.388 bits per heavy atom. The first-order valence-corrected chi connectivity index (χ1v) is 21.5. The second-order valence-electron chi connectivity index (χ2n) is 9.24. The maximum absolute atomic E-state index is 6.96. The second kappa shape index (κ2) is 18.0. The molecular weight excluding hydrogens is 997 g/mol. The Balaban J connectivity index is 1.58. The molecule has 18 heteroatoms. The molecule has 2 heterocycles. The molecule has 1 radical (unpaired) electrons. The molecule has 0 bridgehead atoms. The number of rotatable bonds is 7. The predicted octanol–water partition coefficient (Wildman–Crippen LogP) is 19.4. The predicted molar refractivity (Wildman–Crippen MR) is 232 cm³/mol. The van der Waals surface area contributed by atoms with Crippen LogP contribution in [-0.4, -0.2) is 0 Å².